The number of ether oxygens (including phenoxy) is 2. The highest BCUT2D eigenvalue weighted by molar-refractivity contribution is 4.62. The van der Waals surface area contributed by atoms with E-state index in [1.165, 1.54) is 19.4 Å². The molecule has 1 N–H and O–H groups in total. The molecule has 0 aromatic heterocycles. The Hall–Kier alpha value is -0.160. The lowest BCUT2D eigenvalue weighted by Gasteiger charge is -2.19. The van der Waals surface area contributed by atoms with Crippen LogP contribution < -0.4 is 5.32 Å². The van der Waals surface area contributed by atoms with Crippen LogP contribution in [0.4, 0.5) is 0 Å². The van der Waals surface area contributed by atoms with E-state index in [9.17, 15) is 0 Å². The molecule has 1 atom stereocenters. The lowest BCUT2D eigenvalue weighted by Crippen LogP contribution is -2.30. The second-order valence-electron chi connectivity index (χ2n) is 4.98. The predicted octanol–water partition coefficient (Wildman–Crippen LogP) is 2.14. The number of nitrogens with one attached hydrogen (secondary N) is 1. The van der Waals surface area contributed by atoms with Crippen molar-refractivity contribution in [1.82, 2.24) is 10.2 Å². The van der Waals surface area contributed by atoms with Crippen LogP contribution in [0, 0.1) is 0 Å². The summed E-state index contributed by atoms with van der Waals surface area (Å²) in [5, 5.41) is 3.55. The second-order valence-corrected chi connectivity index (χ2v) is 4.98. The molecule has 0 spiro atoms. The highest BCUT2D eigenvalue weighted by atomic mass is 16.5. The van der Waals surface area contributed by atoms with Crippen LogP contribution in [0.15, 0.2) is 0 Å². The topological polar surface area (TPSA) is 33.7 Å². The molecule has 4 nitrogen and oxygen atoms in total. The molecular formula is C15H34N2O2. The van der Waals surface area contributed by atoms with Crippen molar-refractivity contribution >= 4 is 0 Å². The average molecular weight is 274 g/mol. The molecule has 0 rings (SSSR count). The fraction of sp³-hybridized carbons (Fsp3) is 1.00. The van der Waals surface area contributed by atoms with E-state index in [4.69, 9.17) is 9.47 Å². The van der Waals surface area contributed by atoms with Gasteiger partial charge in [0.1, 0.15) is 0 Å². The Morgan fingerprint density at radius 1 is 1.05 bits per heavy atom. The molecule has 0 aromatic carbocycles. The number of hydrogen-bond acceptors (Lipinski definition) is 4. The van der Waals surface area contributed by atoms with Gasteiger partial charge in [0.25, 0.3) is 0 Å². The molecule has 0 bridgehead atoms. The summed E-state index contributed by atoms with van der Waals surface area (Å²) < 4.78 is 10.3. The van der Waals surface area contributed by atoms with Gasteiger partial charge < -0.3 is 19.7 Å². The van der Waals surface area contributed by atoms with Crippen LogP contribution >= 0.6 is 0 Å². The van der Waals surface area contributed by atoms with Gasteiger partial charge in [-0.1, -0.05) is 13.8 Å². The molecule has 0 radical (unpaired) electrons. The molecule has 0 aliphatic heterocycles. The Morgan fingerprint density at radius 2 is 1.79 bits per heavy atom. The summed E-state index contributed by atoms with van der Waals surface area (Å²) in [7, 11) is 1.70. The van der Waals surface area contributed by atoms with Crippen LogP contribution in [0.5, 0.6) is 0 Å². The molecule has 0 saturated carbocycles. The number of methoxy groups -OCH3 is 1. The van der Waals surface area contributed by atoms with Crippen LogP contribution in [0.2, 0.25) is 0 Å². The molecule has 0 heterocycles. The zero-order valence-electron chi connectivity index (χ0n) is 13.4. The molecule has 116 valence electrons. The SMILES string of the molecule is CCN(CC)CCCC(C)NCCCOCCOC. The van der Waals surface area contributed by atoms with E-state index in [0.717, 1.165) is 32.7 Å². The van der Waals surface area contributed by atoms with Crippen molar-refractivity contribution in [2.45, 2.75) is 46.1 Å². The van der Waals surface area contributed by atoms with Gasteiger partial charge >= 0.3 is 0 Å². The van der Waals surface area contributed by atoms with Gasteiger partial charge in [0.2, 0.25) is 0 Å². The monoisotopic (exact) mass is 274 g/mol. The Balaban J connectivity index is 3.27. The van der Waals surface area contributed by atoms with Crippen molar-refractivity contribution in [1.29, 1.82) is 0 Å². The minimum atomic E-state index is 0.606. The second kappa shape index (κ2) is 14.3. The summed E-state index contributed by atoms with van der Waals surface area (Å²) in [5.41, 5.74) is 0. The van der Waals surface area contributed by atoms with Gasteiger partial charge in [0.05, 0.1) is 13.2 Å². The molecule has 0 fully saturated rings. The molecule has 0 aliphatic carbocycles. The maximum absolute atomic E-state index is 5.43. The van der Waals surface area contributed by atoms with E-state index >= 15 is 0 Å². The van der Waals surface area contributed by atoms with Crippen molar-refractivity contribution in [2.75, 3.05) is 53.1 Å². The summed E-state index contributed by atoms with van der Waals surface area (Å²) >= 11 is 0. The third-order valence-corrected chi connectivity index (χ3v) is 3.40. The number of hydrogen-bond donors (Lipinski definition) is 1. The third kappa shape index (κ3) is 12.6. The Morgan fingerprint density at radius 3 is 2.42 bits per heavy atom. The molecule has 0 aromatic rings. The summed E-state index contributed by atoms with van der Waals surface area (Å²) in [4.78, 5) is 2.48. The molecule has 4 heteroatoms. The van der Waals surface area contributed by atoms with E-state index < -0.39 is 0 Å². The molecule has 0 amide bonds. The first-order chi connectivity index (χ1) is 9.24. The van der Waals surface area contributed by atoms with Crippen molar-refractivity contribution < 1.29 is 9.47 Å². The van der Waals surface area contributed by atoms with Gasteiger partial charge in [-0.3, -0.25) is 0 Å². The molecule has 1 unspecified atom stereocenters. The molecule has 0 saturated heterocycles. The maximum Gasteiger partial charge on any atom is 0.0700 e. The fourth-order valence-corrected chi connectivity index (χ4v) is 2.03. The summed E-state index contributed by atoms with van der Waals surface area (Å²) in [6.45, 7) is 13.5. The van der Waals surface area contributed by atoms with Crippen LogP contribution in [0.1, 0.15) is 40.0 Å². The number of nitrogens with zero attached hydrogens (tertiary/aromatic N) is 1. The summed E-state index contributed by atoms with van der Waals surface area (Å²) in [6, 6.07) is 0.606. The zero-order chi connectivity index (χ0) is 14.3. The van der Waals surface area contributed by atoms with Gasteiger partial charge in [-0.05, 0) is 52.4 Å². The molecule has 19 heavy (non-hydrogen) atoms. The standard InChI is InChI=1S/C15H34N2O2/c1-5-17(6-2)11-7-9-15(3)16-10-8-12-19-14-13-18-4/h15-16H,5-14H2,1-4H3. The zero-order valence-corrected chi connectivity index (χ0v) is 13.4. The van der Waals surface area contributed by atoms with Gasteiger partial charge in [-0.2, -0.15) is 0 Å². The first kappa shape index (κ1) is 18.8. The van der Waals surface area contributed by atoms with E-state index in [1.807, 2.05) is 0 Å². The minimum absolute atomic E-state index is 0.606. The predicted molar refractivity (Wildman–Crippen MR) is 81.8 cm³/mol. The van der Waals surface area contributed by atoms with Crippen molar-refractivity contribution in [3.05, 3.63) is 0 Å². The molecule has 0 aliphatic rings. The Kier molecular flexibility index (Phi) is 14.1. The van der Waals surface area contributed by atoms with Crippen LogP contribution in [0.3, 0.4) is 0 Å². The lowest BCUT2D eigenvalue weighted by molar-refractivity contribution is 0.0692. The quantitative estimate of drug-likeness (QED) is 0.492. The fourth-order valence-electron chi connectivity index (χ4n) is 2.03. The number of rotatable bonds is 14. The van der Waals surface area contributed by atoms with Gasteiger partial charge in [0.15, 0.2) is 0 Å². The minimum Gasteiger partial charge on any atom is -0.382 e. The van der Waals surface area contributed by atoms with Crippen LogP contribution in [-0.2, 0) is 9.47 Å². The lowest BCUT2D eigenvalue weighted by atomic mass is 10.1. The maximum atomic E-state index is 5.43. The summed E-state index contributed by atoms with van der Waals surface area (Å²) in [5.74, 6) is 0. The largest absolute Gasteiger partial charge is 0.382 e. The first-order valence-corrected chi connectivity index (χ1v) is 7.76. The molecular weight excluding hydrogens is 240 g/mol. The van der Waals surface area contributed by atoms with Crippen molar-refractivity contribution in [3.63, 3.8) is 0 Å². The van der Waals surface area contributed by atoms with Gasteiger partial charge in [0, 0.05) is 19.8 Å². The van der Waals surface area contributed by atoms with Crippen LogP contribution in [0.25, 0.3) is 0 Å². The van der Waals surface area contributed by atoms with Crippen molar-refractivity contribution in [2.24, 2.45) is 0 Å². The average Bonchev–Trinajstić information content (AvgIpc) is 2.42. The highest BCUT2D eigenvalue weighted by Gasteiger charge is 2.03. The first-order valence-electron chi connectivity index (χ1n) is 7.76. The van der Waals surface area contributed by atoms with E-state index in [1.54, 1.807) is 7.11 Å². The van der Waals surface area contributed by atoms with Crippen molar-refractivity contribution in [3.8, 4) is 0 Å². The normalized spacial score (nSPS) is 13.1. The van der Waals surface area contributed by atoms with E-state index in [-0.39, 0.29) is 0 Å². The van der Waals surface area contributed by atoms with E-state index in [2.05, 4.69) is 31.0 Å². The van der Waals surface area contributed by atoms with Gasteiger partial charge in [-0.25, -0.2) is 0 Å². The third-order valence-electron chi connectivity index (χ3n) is 3.40. The highest BCUT2D eigenvalue weighted by Crippen LogP contribution is 1.99. The van der Waals surface area contributed by atoms with Crippen LogP contribution in [-0.4, -0.2) is 64.1 Å². The van der Waals surface area contributed by atoms with Gasteiger partial charge in [-0.15, -0.1) is 0 Å². The Bertz CT molecular complexity index is 176. The Labute approximate surface area is 119 Å². The smallest absolute Gasteiger partial charge is 0.0700 e. The van der Waals surface area contributed by atoms with E-state index in [0.29, 0.717) is 19.3 Å². The summed E-state index contributed by atoms with van der Waals surface area (Å²) in [6.07, 6.45) is 3.60.